The Morgan fingerprint density at radius 3 is 2.89 bits per heavy atom. The molecule has 0 aliphatic rings. The molecule has 0 fully saturated rings. The molecule has 0 aliphatic heterocycles. The van der Waals surface area contributed by atoms with E-state index in [9.17, 15) is 0 Å². The van der Waals surface area contributed by atoms with Crippen molar-refractivity contribution in [1.82, 2.24) is 9.97 Å². The Bertz CT molecular complexity index is 550. The van der Waals surface area contributed by atoms with Crippen LogP contribution in [0.3, 0.4) is 0 Å². The highest BCUT2D eigenvalue weighted by atomic mass is 32.1. The van der Waals surface area contributed by atoms with E-state index in [1.165, 1.54) is 24.1 Å². The van der Waals surface area contributed by atoms with Crippen molar-refractivity contribution in [3.63, 3.8) is 0 Å². The van der Waals surface area contributed by atoms with Crippen molar-refractivity contribution in [2.45, 2.75) is 52.5 Å². The molecule has 0 saturated heterocycles. The number of aryl methyl sites for hydroxylation is 1. The van der Waals surface area contributed by atoms with Crippen molar-refractivity contribution >= 4 is 33.3 Å². The average molecular weight is 278 g/mol. The standard InChI is InChI=1S/C14H22N4S/c1-4-5-6-7-9(2)16-12-11-8-10(3)19-13(11)18-14(15)17-12/h8-9H,4-7H2,1-3H3,(H3,15,16,17,18). The number of hydrogen-bond donors (Lipinski definition) is 2. The summed E-state index contributed by atoms with van der Waals surface area (Å²) >= 11 is 1.66. The quantitative estimate of drug-likeness (QED) is 0.785. The van der Waals surface area contributed by atoms with Crippen molar-refractivity contribution in [2.75, 3.05) is 11.1 Å². The van der Waals surface area contributed by atoms with Gasteiger partial charge in [-0.15, -0.1) is 11.3 Å². The largest absolute Gasteiger partial charge is 0.368 e. The van der Waals surface area contributed by atoms with Crippen LogP contribution in [0.4, 0.5) is 11.8 Å². The van der Waals surface area contributed by atoms with Gasteiger partial charge in [0.1, 0.15) is 10.6 Å². The molecule has 1 atom stereocenters. The van der Waals surface area contributed by atoms with Crippen LogP contribution in [-0.2, 0) is 0 Å². The van der Waals surface area contributed by atoms with Gasteiger partial charge in [0.05, 0.1) is 5.39 Å². The third kappa shape index (κ3) is 3.56. The Morgan fingerprint density at radius 1 is 1.37 bits per heavy atom. The summed E-state index contributed by atoms with van der Waals surface area (Å²) in [4.78, 5) is 10.8. The van der Waals surface area contributed by atoms with Crippen LogP contribution in [0, 0.1) is 6.92 Å². The zero-order chi connectivity index (χ0) is 13.8. The van der Waals surface area contributed by atoms with Crippen LogP contribution in [-0.4, -0.2) is 16.0 Å². The number of rotatable bonds is 6. The number of anilines is 2. The van der Waals surface area contributed by atoms with E-state index in [-0.39, 0.29) is 0 Å². The fraction of sp³-hybridized carbons (Fsp3) is 0.571. The summed E-state index contributed by atoms with van der Waals surface area (Å²) in [5.41, 5.74) is 5.78. The Hall–Kier alpha value is -1.36. The number of nitrogen functional groups attached to an aromatic ring is 1. The van der Waals surface area contributed by atoms with E-state index in [1.807, 2.05) is 0 Å². The Balaban J connectivity index is 2.15. The molecule has 104 valence electrons. The third-order valence-electron chi connectivity index (χ3n) is 3.16. The predicted octanol–water partition coefficient (Wildman–Crippen LogP) is 3.96. The molecule has 3 N–H and O–H groups in total. The molecule has 2 rings (SSSR count). The van der Waals surface area contributed by atoms with Crippen LogP contribution in [0.1, 0.15) is 44.4 Å². The maximum absolute atomic E-state index is 5.78. The number of nitrogens with zero attached hydrogens (tertiary/aromatic N) is 2. The van der Waals surface area contributed by atoms with Gasteiger partial charge in [0.2, 0.25) is 5.95 Å². The molecule has 0 amide bonds. The van der Waals surface area contributed by atoms with Crippen LogP contribution >= 0.6 is 11.3 Å². The summed E-state index contributed by atoms with van der Waals surface area (Å²) in [7, 11) is 0. The summed E-state index contributed by atoms with van der Waals surface area (Å²) in [6.45, 7) is 6.50. The SMILES string of the molecule is CCCCCC(C)Nc1nc(N)nc2sc(C)cc12. The third-order valence-corrected chi connectivity index (χ3v) is 4.10. The second kappa shape index (κ2) is 6.19. The van der Waals surface area contributed by atoms with Crippen molar-refractivity contribution in [2.24, 2.45) is 0 Å². The molecule has 5 heteroatoms. The van der Waals surface area contributed by atoms with Crippen molar-refractivity contribution in [1.29, 1.82) is 0 Å². The van der Waals surface area contributed by atoms with Crippen LogP contribution in [0.5, 0.6) is 0 Å². The lowest BCUT2D eigenvalue weighted by molar-refractivity contribution is 0.614. The van der Waals surface area contributed by atoms with Crippen LogP contribution < -0.4 is 11.1 Å². The minimum Gasteiger partial charge on any atom is -0.368 e. The van der Waals surface area contributed by atoms with Crippen molar-refractivity contribution in [3.05, 3.63) is 10.9 Å². The van der Waals surface area contributed by atoms with Crippen LogP contribution in [0.25, 0.3) is 10.2 Å². The lowest BCUT2D eigenvalue weighted by atomic mass is 10.1. The number of aromatic nitrogens is 2. The zero-order valence-electron chi connectivity index (χ0n) is 11.9. The van der Waals surface area contributed by atoms with E-state index in [0.717, 1.165) is 22.5 Å². The number of nitrogens with two attached hydrogens (primary N) is 1. The van der Waals surface area contributed by atoms with E-state index in [2.05, 4.69) is 42.1 Å². The minimum atomic E-state index is 0.345. The number of nitrogens with one attached hydrogen (secondary N) is 1. The van der Waals surface area contributed by atoms with Gasteiger partial charge in [-0.1, -0.05) is 26.2 Å². The van der Waals surface area contributed by atoms with Gasteiger partial charge in [0.15, 0.2) is 0 Å². The molecule has 2 aromatic heterocycles. The summed E-state index contributed by atoms with van der Waals surface area (Å²) in [6, 6.07) is 2.53. The molecule has 0 aromatic carbocycles. The maximum Gasteiger partial charge on any atom is 0.223 e. The minimum absolute atomic E-state index is 0.345. The second-order valence-corrected chi connectivity index (χ2v) is 6.28. The number of fused-ring (bicyclic) bond motifs is 1. The molecule has 0 aliphatic carbocycles. The van der Waals surface area contributed by atoms with Gasteiger partial charge < -0.3 is 11.1 Å². The molecule has 2 aromatic rings. The second-order valence-electron chi connectivity index (χ2n) is 5.05. The average Bonchev–Trinajstić information content (AvgIpc) is 2.70. The summed E-state index contributed by atoms with van der Waals surface area (Å²) in [5, 5.41) is 4.56. The van der Waals surface area contributed by atoms with E-state index in [1.54, 1.807) is 11.3 Å². The topological polar surface area (TPSA) is 63.8 Å². The first-order valence-corrected chi connectivity index (χ1v) is 7.72. The fourth-order valence-corrected chi connectivity index (χ4v) is 3.06. The van der Waals surface area contributed by atoms with E-state index < -0.39 is 0 Å². The van der Waals surface area contributed by atoms with E-state index >= 15 is 0 Å². The Labute approximate surface area is 118 Å². The Morgan fingerprint density at radius 2 is 2.16 bits per heavy atom. The maximum atomic E-state index is 5.78. The molecule has 19 heavy (non-hydrogen) atoms. The van der Waals surface area contributed by atoms with E-state index in [0.29, 0.717) is 12.0 Å². The molecule has 0 saturated carbocycles. The van der Waals surface area contributed by atoms with Crippen LogP contribution in [0.15, 0.2) is 6.07 Å². The van der Waals surface area contributed by atoms with Gasteiger partial charge in [-0.3, -0.25) is 0 Å². The smallest absolute Gasteiger partial charge is 0.223 e. The predicted molar refractivity (Wildman–Crippen MR) is 83.8 cm³/mol. The van der Waals surface area contributed by atoms with Crippen LogP contribution in [0.2, 0.25) is 0 Å². The molecule has 0 radical (unpaired) electrons. The molecular formula is C14H22N4S. The lowest BCUT2D eigenvalue weighted by Crippen LogP contribution is -2.16. The highest BCUT2D eigenvalue weighted by Crippen LogP contribution is 2.29. The van der Waals surface area contributed by atoms with Gasteiger partial charge in [0.25, 0.3) is 0 Å². The monoisotopic (exact) mass is 278 g/mol. The molecule has 0 bridgehead atoms. The number of thiophene rings is 1. The highest BCUT2D eigenvalue weighted by molar-refractivity contribution is 7.18. The molecular weight excluding hydrogens is 256 g/mol. The van der Waals surface area contributed by atoms with Gasteiger partial charge in [0, 0.05) is 10.9 Å². The van der Waals surface area contributed by atoms with Gasteiger partial charge in [-0.2, -0.15) is 4.98 Å². The number of hydrogen-bond acceptors (Lipinski definition) is 5. The van der Waals surface area contributed by atoms with Gasteiger partial charge in [-0.05, 0) is 26.3 Å². The van der Waals surface area contributed by atoms with Gasteiger partial charge >= 0.3 is 0 Å². The lowest BCUT2D eigenvalue weighted by Gasteiger charge is -2.15. The van der Waals surface area contributed by atoms with Gasteiger partial charge in [-0.25, -0.2) is 4.98 Å². The first-order chi connectivity index (χ1) is 9.10. The van der Waals surface area contributed by atoms with Crippen molar-refractivity contribution in [3.8, 4) is 0 Å². The first-order valence-electron chi connectivity index (χ1n) is 6.90. The molecule has 2 heterocycles. The summed E-state index contributed by atoms with van der Waals surface area (Å²) in [5.74, 6) is 1.22. The molecule has 0 spiro atoms. The molecule has 4 nitrogen and oxygen atoms in total. The summed E-state index contributed by atoms with van der Waals surface area (Å²) < 4.78 is 0. The fourth-order valence-electron chi connectivity index (χ4n) is 2.17. The number of unbranched alkanes of at least 4 members (excludes halogenated alkanes) is 2. The normalized spacial score (nSPS) is 12.8. The zero-order valence-corrected chi connectivity index (χ0v) is 12.7. The highest BCUT2D eigenvalue weighted by Gasteiger charge is 2.11. The molecule has 1 unspecified atom stereocenters. The Kier molecular flexibility index (Phi) is 4.58. The van der Waals surface area contributed by atoms with Crippen molar-refractivity contribution < 1.29 is 0 Å². The summed E-state index contributed by atoms with van der Waals surface area (Å²) in [6.07, 6.45) is 4.94. The van der Waals surface area contributed by atoms with E-state index in [4.69, 9.17) is 5.73 Å². The first kappa shape index (κ1) is 14.1.